The van der Waals surface area contributed by atoms with Gasteiger partial charge in [-0.2, -0.15) is 4.98 Å². The van der Waals surface area contributed by atoms with Crippen LogP contribution >= 0.6 is 0 Å². The lowest BCUT2D eigenvalue weighted by atomic mass is 10.1. The molecule has 0 N–H and O–H groups in total. The average Bonchev–Trinajstić information content (AvgIpc) is 2.98. The Labute approximate surface area is 111 Å². The molecule has 2 heterocycles. The van der Waals surface area contributed by atoms with E-state index in [-0.39, 0.29) is 6.10 Å². The molecule has 2 aromatic rings. The summed E-state index contributed by atoms with van der Waals surface area (Å²) in [6.45, 7) is 3.76. The van der Waals surface area contributed by atoms with Gasteiger partial charge in [-0.05, 0) is 12.0 Å². The predicted molar refractivity (Wildman–Crippen MR) is 68.6 cm³/mol. The SMILES string of the molecule is CCc1ccccc1-c1noc(C2COCCO2)n1. The van der Waals surface area contributed by atoms with Gasteiger partial charge in [0.25, 0.3) is 5.89 Å². The molecule has 1 aliphatic rings. The van der Waals surface area contributed by atoms with Crippen LogP contribution in [-0.4, -0.2) is 30.0 Å². The summed E-state index contributed by atoms with van der Waals surface area (Å²) in [4.78, 5) is 4.43. The predicted octanol–water partition coefficient (Wildman–Crippen LogP) is 2.39. The Morgan fingerprint density at radius 2 is 2.16 bits per heavy atom. The van der Waals surface area contributed by atoms with Gasteiger partial charge in [0.1, 0.15) is 0 Å². The number of rotatable bonds is 3. The van der Waals surface area contributed by atoms with Gasteiger partial charge in [-0.15, -0.1) is 0 Å². The Bertz CT molecular complexity index is 547. The van der Waals surface area contributed by atoms with Gasteiger partial charge in [0.05, 0.1) is 19.8 Å². The summed E-state index contributed by atoms with van der Waals surface area (Å²) in [5, 5.41) is 4.05. The van der Waals surface area contributed by atoms with E-state index in [0.29, 0.717) is 31.5 Å². The zero-order valence-corrected chi connectivity index (χ0v) is 10.8. The molecule has 0 bridgehead atoms. The van der Waals surface area contributed by atoms with Crippen LogP contribution in [0.4, 0.5) is 0 Å². The Morgan fingerprint density at radius 3 is 2.95 bits per heavy atom. The zero-order valence-electron chi connectivity index (χ0n) is 10.8. The van der Waals surface area contributed by atoms with Crippen LogP contribution in [0.5, 0.6) is 0 Å². The van der Waals surface area contributed by atoms with E-state index in [1.165, 1.54) is 5.56 Å². The first kappa shape index (κ1) is 12.3. The van der Waals surface area contributed by atoms with E-state index >= 15 is 0 Å². The molecule has 1 aliphatic heterocycles. The molecule has 0 spiro atoms. The van der Waals surface area contributed by atoms with Crippen LogP contribution in [0.3, 0.4) is 0 Å². The molecule has 5 nitrogen and oxygen atoms in total. The Kier molecular flexibility index (Phi) is 3.57. The van der Waals surface area contributed by atoms with E-state index in [9.17, 15) is 0 Å². The topological polar surface area (TPSA) is 57.4 Å². The molecular formula is C14H16N2O3. The highest BCUT2D eigenvalue weighted by molar-refractivity contribution is 5.59. The Hall–Kier alpha value is -1.72. The maximum Gasteiger partial charge on any atom is 0.258 e. The van der Waals surface area contributed by atoms with E-state index in [4.69, 9.17) is 14.0 Å². The number of hydrogen-bond donors (Lipinski definition) is 0. The molecule has 1 aromatic carbocycles. The third-order valence-corrected chi connectivity index (χ3v) is 3.17. The fraction of sp³-hybridized carbons (Fsp3) is 0.429. The van der Waals surface area contributed by atoms with Gasteiger partial charge in [-0.1, -0.05) is 36.3 Å². The summed E-state index contributed by atoms with van der Waals surface area (Å²) >= 11 is 0. The first-order valence-electron chi connectivity index (χ1n) is 6.49. The molecule has 1 saturated heterocycles. The molecule has 5 heteroatoms. The first-order valence-corrected chi connectivity index (χ1v) is 6.49. The standard InChI is InChI=1S/C14H16N2O3/c1-2-10-5-3-4-6-11(10)13-15-14(19-16-13)12-9-17-7-8-18-12/h3-6,12H,2,7-9H2,1H3. The summed E-state index contributed by atoms with van der Waals surface area (Å²) in [5.74, 6) is 1.10. The van der Waals surface area contributed by atoms with E-state index in [0.717, 1.165) is 12.0 Å². The normalized spacial score (nSPS) is 19.5. The van der Waals surface area contributed by atoms with Crippen molar-refractivity contribution in [2.75, 3.05) is 19.8 Å². The maximum absolute atomic E-state index is 5.55. The van der Waals surface area contributed by atoms with E-state index in [1.54, 1.807) is 0 Å². The van der Waals surface area contributed by atoms with Crippen molar-refractivity contribution >= 4 is 0 Å². The molecule has 0 aliphatic carbocycles. The highest BCUT2D eigenvalue weighted by Crippen LogP contribution is 2.25. The maximum atomic E-state index is 5.55. The minimum absolute atomic E-state index is 0.246. The van der Waals surface area contributed by atoms with E-state index in [2.05, 4.69) is 23.1 Å². The lowest BCUT2D eigenvalue weighted by Crippen LogP contribution is -2.22. The minimum Gasteiger partial charge on any atom is -0.376 e. The van der Waals surface area contributed by atoms with Crippen molar-refractivity contribution in [1.29, 1.82) is 0 Å². The number of benzene rings is 1. The van der Waals surface area contributed by atoms with Crippen LogP contribution in [0, 0.1) is 0 Å². The smallest absolute Gasteiger partial charge is 0.258 e. The molecular weight excluding hydrogens is 244 g/mol. The van der Waals surface area contributed by atoms with Gasteiger partial charge in [0.2, 0.25) is 5.82 Å². The molecule has 3 rings (SSSR count). The van der Waals surface area contributed by atoms with Crippen molar-refractivity contribution < 1.29 is 14.0 Å². The number of aryl methyl sites for hydroxylation is 1. The van der Waals surface area contributed by atoms with Crippen molar-refractivity contribution in [3.05, 3.63) is 35.7 Å². The lowest BCUT2D eigenvalue weighted by molar-refractivity contribution is -0.101. The molecule has 19 heavy (non-hydrogen) atoms. The van der Waals surface area contributed by atoms with Gasteiger partial charge in [-0.3, -0.25) is 0 Å². The van der Waals surface area contributed by atoms with Gasteiger partial charge < -0.3 is 14.0 Å². The van der Waals surface area contributed by atoms with Crippen molar-refractivity contribution in [1.82, 2.24) is 10.1 Å². The van der Waals surface area contributed by atoms with Crippen LogP contribution in [0.15, 0.2) is 28.8 Å². The molecule has 0 amide bonds. The summed E-state index contributed by atoms with van der Waals surface area (Å²) < 4.78 is 16.2. The van der Waals surface area contributed by atoms with Crippen LogP contribution < -0.4 is 0 Å². The largest absolute Gasteiger partial charge is 0.376 e. The summed E-state index contributed by atoms with van der Waals surface area (Å²) in [6.07, 6.45) is 0.687. The lowest BCUT2D eigenvalue weighted by Gasteiger charge is -2.19. The third-order valence-electron chi connectivity index (χ3n) is 3.17. The summed E-state index contributed by atoms with van der Waals surface area (Å²) in [6, 6.07) is 8.07. The summed E-state index contributed by atoms with van der Waals surface area (Å²) in [7, 11) is 0. The third kappa shape index (κ3) is 2.52. The van der Waals surface area contributed by atoms with Crippen molar-refractivity contribution in [3.8, 4) is 11.4 Å². The molecule has 1 aromatic heterocycles. The molecule has 100 valence electrons. The second-order valence-electron chi connectivity index (χ2n) is 4.40. The van der Waals surface area contributed by atoms with Gasteiger partial charge in [0, 0.05) is 5.56 Å². The number of hydrogen-bond acceptors (Lipinski definition) is 5. The number of ether oxygens (including phenoxy) is 2. The highest BCUT2D eigenvalue weighted by atomic mass is 16.6. The molecule has 1 unspecified atom stereocenters. The number of aromatic nitrogens is 2. The van der Waals surface area contributed by atoms with Crippen LogP contribution in [0.25, 0.3) is 11.4 Å². The highest BCUT2D eigenvalue weighted by Gasteiger charge is 2.23. The van der Waals surface area contributed by atoms with Crippen molar-refractivity contribution in [2.24, 2.45) is 0 Å². The van der Waals surface area contributed by atoms with Gasteiger partial charge in [0.15, 0.2) is 6.10 Å². The van der Waals surface area contributed by atoms with E-state index < -0.39 is 0 Å². The molecule has 0 radical (unpaired) electrons. The second kappa shape index (κ2) is 5.50. The fourth-order valence-corrected chi connectivity index (χ4v) is 2.15. The minimum atomic E-state index is -0.246. The molecule has 0 saturated carbocycles. The quantitative estimate of drug-likeness (QED) is 0.848. The van der Waals surface area contributed by atoms with Crippen LogP contribution in [0.1, 0.15) is 24.5 Å². The molecule has 1 atom stereocenters. The average molecular weight is 260 g/mol. The van der Waals surface area contributed by atoms with E-state index in [1.807, 2.05) is 18.2 Å². The Morgan fingerprint density at radius 1 is 1.26 bits per heavy atom. The van der Waals surface area contributed by atoms with Gasteiger partial charge in [-0.25, -0.2) is 0 Å². The van der Waals surface area contributed by atoms with Crippen LogP contribution in [-0.2, 0) is 15.9 Å². The monoisotopic (exact) mass is 260 g/mol. The van der Waals surface area contributed by atoms with Crippen LogP contribution in [0.2, 0.25) is 0 Å². The van der Waals surface area contributed by atoms with Crippen molar-refractivity contribution in [3.63, 3.8) is 0 Å². The Balaban J connectivity index is 1.88. The van der Waals surface area contributed by atoms with Crippen molar-refractivity contribution in [2.45, 2.75) is 19.4 Å². The fourth-order valence-electron chi connectivity index (χ4n) is 2.15. The molecule has 1 fully saturated rings. The van der Waals surface area contributed by atoms with Gasteiger partial charge >= 0.3 is 0 Å². The first-order chi connectivity index (χ1) is 9.38. The zero-order chi connectivity index (χ0) is 13.1. The summed E-state index contributed by atoms with van der Waals surface area (Å²) in [5.41, 5.74) is 2.22. The number of nitrogens with zero attached hydrogens (tertiary/aromatic N) is 2. The second-order valence-corrected chi connectivity index (χ2v) is 4.40.